The fourth-order valence-electron chi connectivity index (χ4n) is 5.55. The number of hydrogen-bond donors (Lipinski definition) is 0. The van der Waals surface area contributed by atoms with Crippen molar-refractivity contribution in [3.63, 3.8) is 0 Å². The first kappa shape index (κ1) is 21.0. The summed E-state index contributed by atoms with van der Waals surface area (Å²) in [5.74, 6) is 0.664. The molecule has 0 bridgehead atoms. The zero-order valence-corrected chi connectivity index (χ0v) is 20.0. The van der Waals surface area contributed by atoms with Crippen molar-refractivity contribution in [2.75, 3.05) is 0 Å². The monoisotopic (exact) mass is 481 g/mol. The summed E-state index contributed by atoms with van der Waals surface area (Å²) in [5, 5.41) is 1.64. The molecule has 0 spiro atoms. The molecule has 1 unspecified atom stereocenters. The molecule has 3 nitrogen and oxygen atoms in total. The first-order valence-electron chi connectivity index (χ1n) is 11.9. The van der Waals surface area contributed by atoms with E-state index in [-0.39, 0.29) is 0 Å². The van der Waals surface area contributed by atoms with E-state index in [4.69, 9.17) is 21.6 Å². The van der Waals surface area contributed by atoms with Crippen molar-refractivity contribution in [1.29, 1.82) is 0 Å². The second-order valence-corrected chi connectivity index (χ2v) is 9.40. The molecule has 0 amide bonds. The number of fused-ring (bicyclic) bond motifs is 4. The lowest BCUT2D eigenvalue weighted by atomic mass is 9.70. The van der Waals surface area contributed by atoms with Gasteiger partial charge in [-0.25, -0.2) is 15.0 Å². The highest BCUT2D eigenvalue weighted by Gasteiger charge is 2.47. The minimum Gasteiger partial charge on any atom is -0.236 e. The highest BCUT2D eigenvalue weighted by atomic mass is 35.5. The molecule has 1 atom stereocenters. The Balaban J connectivity index is 1.56. The van der Waals surface area contributed by atoms with Gasteiger partial charge in [-0.3, -0.25) is 0 Å². The van der Waals surface area contributed by atoms with E-state index in [1.807, 2.05) is 54.7 Å². The van der Waals surface area contributed by atoms with Crippen molar-refractivity contribution in [2.24, 2.45) is 0 Å². The van der Waals surface area contributed by atoms with Crippen molar-refractivity contribution in [1.82, 2.24) is 15.0 Å². The minimum atomic E-state index is -0.621. The number of pyridine rings is 1. The molecule has 0 saturated heterocycles. The number of halogens is 1. The van der Waals surface area contributed by atoms with Crippen LogP contribution in [0.2, 0.25) is 5.02 Å². The summed E-state index contributed by atoms with van der Waals surface area (Å²) in [4.78, 5) is 14.7. The van der Waals surface area contributed by atoms with Gasteiger partial charge in [-0.05, 0) is 40.5 Å². The predicted molar refractivity (Wildman–Crippen MR) is 145 cm³/mol. The quantitative estimate of drug-likeness (QED) is 0.259. The van der Waals surface area contributed by atoms with E-state index in [1.165, 1.54) is 5.56 Å². The third-order valence-corrected chi connectivity index (χ3v) is 7.40. The largest absolute Gasteiger partial charge is 0.236 e. The highest BCUT2D eigenvalue weighted by Crippen LogP contribution is 2.57. The third kappa shape index (κ3) is 2.96. The topological polar surface area (TPSA) is 38.7 Å². The van der Waals surface area contributed by atoms with Crippen molar-refractivity contribution < 1.29 is 0 Å². The molecule has 0 radical (unpaired) electrons. The standard InChI is InChI=1S/C32H20ClN3/c33-27-17-9-16-26-29(27)24-14-7-8-15-25(24)32(26,23-12-5-2-6-13-23)28-19-18-22-20-34-30(36-31(22)35-28)21-10-3-1-4-11-21/h1-20H. The van der Waals surface area contributed by atoms with Crippen LogP contribution in [0.15, 0.2) is 121 Å². The normalized spacial score (nSPS) is 16.0. The molecule has 0 N–H and O–H groups in total. The van der Waals surface area contributed by atoms with Crippen LogP contribution in [0.25, 0.3) is 33.5 Å². The van der Waals surface area contributed by atoms with Crippen LogP contribution in [0.1, 0.15) is 22.4 Å². The number of rotatable bonds is 3. The summed E-state index contributed by atoms with van der Waals surface area (Å²) in [6, 6.07) is 39.4. The average molecular weight is 482 g/mol. The number of nitrogens with zero attached hydrogens (tertiary/aromatic N) is 3. The molecule has 0 fully saturated rings. The molecule has 2 aromatic heterocycles. The first-order chi connectivity index (χ1) is 17.8. The molecule has 4 aromatic carbocycles. The van der Waals surface area contributed by atoms with Gasteiger partial charge in [0.2, 0.25) is 0 Å². The van der Waals surface area contributed by atoms with Crippen LogP contribution in [0.4, 0.5) is 0 Å². The van der Waals surface area contributed by atoms with Crippen molar-refractivity contribution in [2.45, 2.75) is 5.41 Å². The van der Waals surface area contributed by atoms with E-state index >= 15 is 0 Å². The Kier molecular flexibility index (Phi) is 4.73. The van der Waals surface area contributed by atoms with E-state index < -0.39 is 5.41 Å². The van der Waals surface area contributed by atoms with Crippen LogP contribution in [-0.4, -0.2) is 15.0 Å². The van der Waals surface area contributed by atoms with Gasteiger partial charge in [0.25, 0.3) is 0 Å². The Bertz CT molecular complexity index is 1750. The van der Waals surface area contributed by atoms with Gasteiger partial charge in [0.05, 0.1) is 11.1 Å². The van der Waals surface area contributed by atoms with Crippen LogP contribution in [0, 0.1) is 0 Å². The van der Waals surface area contributed by atoms with E-state index in [1.54, 1.807) is 0 Å². The lowest BCUT2D eigenvalue weighted by Gasteiger charge is -2.32. The lowest BCUT2D eigenvalue weighted by Crippen LogP contribution is -2.29. The fraction of sp³-hybridized carbons (Fsp3) is 0.0312. The highest BCUT2D eigenvalue weighted by molar-refractivity contribution is 6.34. The summed E-state index contributed by atoms with van der Waals surface area (Å²) in [6.07, 6.45) is 1.85. The molecule has 4 heteroatoms. The molecule has 36 heavy (non-hydrogen) atoms. The molecule has 1 aliphatic rings. The summed E-state index contributed by atoms with van der Waals surface area (Å²) in [5.41, 5.74) is 7.57. The van der Waals surface area contributed by atoms with Crippen LogP contribution in [-0.2, 0) is 5.41 Å². The van der Waals surface area contributed by atoms with Gasteiger partial charge >= 0.3 is 0 Å². The lowest BCUT2D eigenvalue weighted by molar-refractivity contribution is 0.738. The summed E-state index contributed by atoms with van der Waals surface area (Å²) in [6.45, 7) is 0. The van der Waals surface area contributed by atoms with Gasteiger partial charge in [-0.15, -0.1) is 0 Å². The summed E-state index contributed by atoms with van der Waals surface area (Å²) in [7, 11) is 0. The molecule has 1 aliphatic carbocycles. The van der Waals surface area contributed by atoms with Gasteiger partial charge < -0.3 is 0 Å². The smallest absolute Gasteiger partial charge is 0.163 e. The van der Waals surface area contributed by atoms with E-state index in [0.717, 1.165) is 43.9 Å². The molecule has 2 heterocycles. The Hall–Kier alpha value is -4.34. The molecule has 6 aromatic rings. The number of hydrogen-bond acceptors (Lipinski definition) is 3. The van der Waals surface area contributed by atoms with E-state index in [9.17, 15) is 0 Å². The Labute approximate surface area is 214 Å². The SMILES string of the molecule is Clc1cccc2c1-c1ccccc1C2(c1ccccc1)c1ccc2cnc(-c3ccccc3)nc2n1. The maximum absolute atomic E-state index is 6.84. The molecule has 0 saturated carbocycles. The van der Waals surface area contributed by atoms with Crippen molar-refractivity contribution in [3.8, 4) is 22.5 Å². The molecular weight excluding hydrogens is 462 g/mol. The third-order valence-electron chi connectivity index (χ3n) is 7.08. The predicted octanol–water partition coefficient (Wildman–Crippen LogP) is 7.71. The Morgan fingerprint density at radius 1 is 0.611 bits per heavy atom. The van der Waals surface area contributed by atoms with Gasteiger partial charge in [-0.2, -0.15) is 0 Å². The maximum atomic E-state index is 6.84. The van der Waals surface area contributed by atoms with Crippen molar-refractivity contribution >= 4 is 22.6 Å². The summed E-state index contributed by atoms with van der Waals surface area (Å²) >= 11 is 6.84. The molecule has 0 aliphatic heterocycles. The Morgan fingerprint density at radius 3 is 2.17 bits per heavy atom. The van der Waals surface area contributed by atoms with Gasteiger partial charge in [0, 0.05) is 27.7 Å². The fourth-order valence-corrected chi connectivity index (χ4v) is 5.83. The zero-order valence-electron chi connectivity index (χ0n) is 19.3. The van der Waals surface area contributed by atoms with Crippen molar-refractivity contribution in [3.05, 3.63) is 149 Å². The minimum absolute atomic E-state index is 0.621. The molecule has 170 valence electrons. The van der Waals surface area contributed by atoms with Crippen LogP contribution in [0.3, 0.4) is 0 Å². The maximum Gasteiger partial charge on any atom is 0.163 e. The van der Waals surface area contributed by atoms with Crippen LogP contribution in [0.5, 0.6) is 0 Å². The molecule has 7 rings (SSSR count). The van der Waals surface area contributed by atoms with Crippen LogP contribution < -0.4 is 0 Å². The van der Waals surface area contributed by atoms with E-state index in [0.29, 0.717) is 11.5 Å². The average Bonchev–Trinajstić information content (AvgIpc) is 3.26. The van der Waals surface area contributed by atoms with Gasteiger partial charge in [0.1, 0.15) is 0 Å². The summed E-state index contributed by atoms with van der Waals surface area (Å²) < 4.78 is 0. The van der Waals surface area contributed by atoms with Gasteiger partial charge in [-0.1, -0.05) is 109 Å². The Morgan fingerprint density at radius 2 is 1.33 bits per heavy atom. The molecular formula is C32H20ClN3. The number of aromatic nitrogens is 3. The first-order valence-corrected chi connectivity index (χ1v) is 12.3. The second-order valence-electron chi connectivity index (χ2n) is 8.99. The zero-order chi connectivity index (χ0) is 24.1. The van der Waals surface area contributed by atoms with Gasteiger partial charge in [0.15, 0.2) is 11.5 Å². The van der Waals surface area contributed by atoms with E-state index in [2.05, 4.69) is 71.7 Å². The van der Waals surface area contributed by atoms with Crippen LogP contribution >= 0.6 is 11.6 Å². The number of benzene rings is 4. The second kappa shape index (κ2) is 8.11.